The van der Waals surface area contributed by atoms with E-state index in [9.17, 15) is 0 Å². The van der Waals surface area contributed by atoms with E-state index in [1.807, 2.05) is 0 Å². The highest BCUT2D eigenvalue weighted by molar-refractivity contribution is 7.80. The largest absolute Gasteiger partial charge is 0.392 e. The van der Waals surface area contributed by atoms with Gasteiger partial charge in [-0.15, -0.1) is 0 Å². The normalized spacial score (nSPS) is 26.6. The molecule has 2 nitrogen and oxygen atoms in total. The first-order valence-corrected chi connectivity index (χ1v) is 5.10. The molecule has 1 aliphatic rings. The molecule has 1 rings (SSSR count). The summed E-state index contributed by atoms with van der Waals surface area (Å²) in [7, 11) is 0. The van der Waals surface area contributed by atoms with E-state index in [4.69, 9.17) is 18.0 Å². The summed E-state index contributed by atoms with van der Waals surface area (Å²) in [5, 5.41) is 0. The molecule has 0 aromatic heterocycles. The van der Waals surface area contributed by atoms with E-state index in [2.05, 4.69) is 11.8 Å². The van der Waals surface area contributed by atoms with E-state index in [0.29, 0.717) is 4.99 Å². The van der Waals surface area contributed by atoms with Crippen molar-refractivity contribution in [3.63, 3.8) is 0 Å². The maximum Gasteiger partial charge on any atom is 0.0870 e. The quantitative estimate of drug-likeness (QED) is 0.661. The van der Waals surface area contributed by atoms with Gasteiger partial charge in [0.05, 0.1) is 4.99 Å². The fraction of sp³-hybridized carbons (Fsp3) is 0.889. The van der Waals surface area contributed by atoms with Crippen LogP contribution in [0.2, 0.25) is 0 Å². The summed E-state index contributed by atoms with van der Waals surface area (Å²) in [6.07, 6.45) is 3.94. The predicted molar refractivity (Wildman–Crippen MR) is 56.2 cm³/mol. The van der Waals surface area contributed by atoms with Crippen molar-refractivity contribution < 1.29 is 0 Å². The molecule has 0 aliphatic carbocycles. The molecular weight excluding hydrogens is 168 g/mol. The van der Waals surface area contributed by atoms with Crippen LogP contribution >= 0.6 is 12.2 Å². The minimum Gasteiger partial charge on any atom is -0.392 e. The molecule has 0 radical (unpaired) electrons. The Labute approximate surface area is 80.1 Å². The molecule has 0 aromatic carbocycles. The summed E-state index contributed by atoms with van der Waals surface area (Å²) < 4.78 is 0. The molecule has 1 fully saturated rings. The lowest BCUT2D eigenvalue weighted by Gasteiger charge is -2.18. The van der Waals surface area contributed by atoms with Crippen LogP contribution in [0.3, 0.4) is 0 Å². The van der Waals surface area contributed by atoms with Gasteiger partial charge in [-0.05, 0) is 38.3 Å². The number of likely N-dealkylation sites (tertiary alicyclic amines) is 1. The Kier molecular flexibility index (Phi) is 3.95. The lowest BCUT2D eigenvalue weighted by atomic mass is 10.0. The molecule has 0 saturated carbocycles. The lowest BCUT2D eigenvalue weighted by molar-refractivity contribution is 0.321. The zero-order chi connectivity index (χ0) is 8.97. The first-order chi connectivity index (χ1) is 5.68. The zero-order valence-corrected chi connectivity index (χ0v) is 8.57. The summed E-state index contributed by atoms with van der Waals surface area (Å²) in [5.41, 5.74) is 5.50. The van der Waals surface area contributed by atoms with Crippen LogP contribution in [0.4, 0.5) is 0 Å². The number of thiocarbonyl (C=S) groups is 1. The third-order valence-corrected chi connectivity index (χ3v) is 2.62. The Morgan fingerprint density at radius 2 is 2.25 bits per heavy atom. The van der Waals surface area contributed by atoms with Crippen LogP contribution in [-0.4, -0.2) is 29.5 Å². The maximum atomic E-state index is 5.50. The zero-order valence-electron chi connectivity index (χ0n) is 7.75. The molecule has 3 heteroatoms. The highest BCUT2D eigenvalue weighted by Gasteiger charge is 2.13. The fourth-order valence-electron chi connectivity index (χ4n) is 1.70. The summed E-state index contributed by atoms with van der Waals surface area (Å²) in [5.74, 6) is 0.876. The number of hydrogen-bond acceptors (Lipinski definition) is 2. The van der Waals surface area contributed by atoms with Crippen molar-refractivity contribution in [2.75, 3.05) is 19.6 Å². The summed E-state index contributed by atoms with van der Waals surface area (Å²) >= 11 is 4.89. The van der Waals surface area contributed by atoms with Crippen molar-refractivity contribution in [1.82, 2.24) is 4.90 Å². The van der Waals surface area contributed by atoms with Crippen LogP contribution in [0.1, 0.15) is 26.2 Å². The highest BCUT2D eigenvalue weighted by Crippen LogP contribution is 2.15. The molecule has 12 heavy (non-hydrogen) atoms. The van der Waals surface area contributed by atoms with Gasteiger partial charge in [0.2, 0.25) is 0 Å². The van der Waals surface area contributed by atoms with Crippen molar-refractivity contribution >= 4 is 17.2 Å². The monoisotopic (exact) mass is 186 g/mol. The van der Waals surface area contributed by atoms with Gasteiger partial charge in [0.1, 0.15) is 0 Å². The molecule has 0 amide bonds. The molecular formula is C9H18N2S. The molecule has 1 heterocycles. The third-order valence-electron chi connectivity index (χ3n) is 2.49. The molecule has 2 N–H and O–H groups in total. The SMILES string of the molecule is CC1CCCN(CC(N)=S)CC1. The van der Waals surface area contributed by atoms with Crippen LogP contribution in [-0.2, 0) is 0 Å². The molecule has 1 unspecified atom stereocenters. The summed E-state index contributed by atoms with van der Waals surface area (Å²) in [6.45, 7) is 5.46. The molecule has 1 aliphatic heterocycles. The smallest absolute Gasteiger partial charge is 0.0870 e. The minimum atomic E-state index is 0.629. The van der Waals surface area contributed by atoms with E-state index < -0.39 is 0 Å². The van der Waals surface area contributed by atoms with Gasteiger partial charge < -0.3 is 5.73 Å². The van der Waals surface area contributed by atoms with E-state index in [1.54, 1.807) is 0 Å². The second-order valence-corrected chi connectivity index (χ2v) is 4.30. The van der Waals surface area contributed by atoms with Crippen LogP contribution in [0.15, 0.2) is 0 Å². The Hall–Kier alpha value is -0.150. The Morgan fingerprint density at radius 3 is 2.92 bits per heavy atom. The third kappa shape index (κ3) is 3.50. The number of hydrogen-bond donors (Lipinski definition) is 1. The van der Waals surface area contributed by atoms with Gasteiger partial charge in [-0.2, -0.15) is 0 Å². The first-order valence-electron chi connectivity index (χ1n) is 4.69. The highest BCUT2D eigenvalue weighted by atomic mass is 32.1. The average Bonchev–Trinajstić information content (AvgIpc) is 2.15. The van der Waals surface area contributed by atoms with Crippen molar-refractivity contribution in [2.24, 2.45) is 11.7 Å². The van der Waals surface area contributed by atoms with Crippen molar-refractivity contribution in [3.8, 4) is 0 Å². The van der Waals surface area contributed by atoms with Crippen molar-refractivity contribution in [1.29, 1.82) is 0 Å². The fourth-order valence-corrected chi connectivity index (χ4v) is 1.88. The van der Waals surface area contributed by atoms with Gasteiger partial charge in [0.15, 0.2) is 0 Å². The van der Waals surface area contributed by atoms with Crippen LogP contribution in [0.25, 0.3) is 0 Å². The Morgan fingerprint density at radius 1 is 1.50 bits per heavy atom. The molecule has 70 valence electrons. The Balaban J connectivity index is 2.30. The number of rotatable bonds is 2. The van der Waals surface area contributed by atoms with Crippen LogP contribution in [0, 0.1) is 5.92 Å². The van der Waals surface area contributed by atoms with E-state index in [-0.39, 0.29) is 0 Å². The lowest BCUT2D eigenvalue weighted by Crippen LogP contribution is -2.33. The topological polar surface area (TPSA) is 29.3 Å². The van der Waals surface area contributed by atoms with E-state index in [1.165, 1.54) is 32.4 Å². The summed E-state index contributed by atoms with van der Waals surface area (Å²) in [6, 6.07) is 0. The predicted octanol–water partition coefficient (Wildman–Crippen LogP) is 1.39. The summed E-state index contributed by atoms with van der Waals surface area (Å²) in [4.78, 5) is 3.00. The molecule has 1 saturated heterocycles. The molecule has 0 aromatic rings. The second kappa shape index (κ2) is 4.77. The average molecular weight is 186 g/mol. The van der Waals surface area contributed by atoms with Gasteiger partial charge in [-0.25, -0.2) is 0 Å². The minimum absolute atomic E-state index is 0.629. The molecule has 0 bridgehead atoms. The van der Waals surface area contributed by atoms with Gasteiger partial charge >= 0.3 is 0 Å². The molecule has 1 atom stereocenters. The van der Waals surface area contributed by atoms with E-state index in [0.717, 1.165) is 12.5 Å². The standard InChI is InChI=1S/C9H18N2S/c1-8-3-2-5-11(6-4-8)7-9(10)12/h8H,2-7H2,1H3,(H2,10,12). The van der Waals surface area contributed by atoms with Gasteiger partial charge in [-0.3, -0.25) is 4.90 Å². The van der Waals surface area contributed by atoms with Crippen molar-refractivity contribution in [3.05, 3.63) is 0 Å². The Bertz CT molecular complexity index is 159. The van der Waals surface area contributed by atoms with Crippen molar-refractivity contribution in [2.45, 2.75) is 26.2 Å². The first kappa shape index (κ1) is 9.93. The van der Waals surface area contributed by atoms with Gasteiger partial charge in [0.25, 0.3) is 0 Å². The van der Waals surface area contributed by atoms with E-state index >= 15 is 0 Å². The van der Waals surface area contributed by atoms with Crippen LogP contribution in [0.5, 0.6) is 0 Å². The van der Waals surface area contributed by atoms with Gasteiger partial charge in [0, 0.05) is 6.54 Å². The molecule has 0 spiro atoms. The number of nitrogens with zero attached hydrogens (tertiary/aromatic N) is 1. The maximum absolute atomic E-state index is 5.50. The van der Waals surface area contributed by atoms with Gasteiger partial charge in [-0.1, -0.05) is 19.1 Å². The number of nitrogens with two attached hydrogens (primary N) is 1. The van der Waals surface area contributed by atoms with Crippen LogP contribution < -0.4 is 5.73 Å². The second-order valence-electron chi connectivity index (χ2n) is 3.78.